The molecule has 0 radical (unpaired) electrons. The van der Waals surface area contributed by atoms with E-state index in [-0.39, 0.29) is 18.6 Å². The van der Waals surface area contributed by atoms with Gasteiger partial charge in [0, 0.05) is 18.4 Å². The van der Waals surface area contributed by atoms with Gasteiger partial charge in [-0.15, -0.1) is 0 Å². The van der Waals surface area contributed by atoms with Gasteiger partial charge in [0.05, 0.1) is 18.8 Å². The monoisotopic (exact) mass is 393 g/mol. The van der Waals surface area contributed by atoms with Crippen LogP contribution >= 0.6 is 0 Å². The molecule has 2 atom stereocenters. The molecule has 3 aromatic rings. The molecule has 2 N–H and O–H groups in total. The standard InChI is InChI=1S/C22H23N3O4/c1-14-10-23-19(22(27)25-18-6-7-28-12-21(18)26)9-17(14)8-15-2-4-16(5-3-15)20-11-29-13-24-20/h2-5,9-11,13,18,21,26H,6-8,12H2,1H3,(H,25,27)/t18-,21-/m0/s1. The highest BCUT2D eigenvalue weighted by Crippen LogP contribution is 2.20. The minimum Gasteiger partial charge on any atom is -0.451 e. The molecule has 150 valence electrons. The number of aliphatic hydroxyl groups is 1. The molecule has 3 heterocycles. The van der Waals surface area contributed by atoms with Gasteiger partial charge in [0.2, 0.25) is 0 Å². The Hall–Kier alpha value is -3.03. The molecule has 0 unspecified atom stereocenters. The number of amides is 1. The molecular weight excluding hydrogens is 370 g/mol. The summed E-state index contributed by atoms with van der Waals surface area (Å²) in [6.45, 7) is 2.75. The second-order valence-electron chi connectivity index (χ2n) is 7.25. The average molecular weight is 393 g/mol. The molecule has 1 fully saturated rings. The maximum atomic E-state index is 12.6. The van der Waals surface area contributed by atoms with Crippen LogP contribution in [0.15, 0.2) is 53.6 Å². The van der Waals surface area contributed by atoms with Gasteiger partial charge in [-0.3, -0.25) is 9.78 Å². The smallest absolute Gasteiger partial charge is 0.270 e. The number of aliphatic hydroxyl groups excluding tert-OH is 1. The lowest BCUT2D eigenvalue weighted by molar-refractivity contribution is -0.0261. The maximum absolute atomic E-state index is 12.6. The highest BCUT2D eigenvalue weighted by atomic mass is 16.5. The number of carbonyl (C=O) groups is 1. The first-order chi connectivity index (χ1) is 14.1. The number of hydrogen-bond donors (Lipinski definition) is 2. The first-order valence-electron chi connectivity index (χ1n) is 9.60. The number of aryl methyl sites for hydroxylation is 1. The molecule has 2 aromatic heterocycles. The summed E-state index contributed by atoms with van der Waals surface area (Å²) in [4.78, 5) is 21.0. The van der Waals surface area contributed by atoms with Gasteiger partial charge in [-0.05, 0) is 42.5 Å². The van der Waals surface area contributed by atoms with Crippen molar-refractivity contribution in [3.05, 3.63) is 71.6 Å². The van der Waals surface area contributed by atoms with E-state index < -0.39 is 6.10 Å². The van der Waals surface area contributed by atoms with E-state index >= 15 is 0 Å². The van der Waals surface area contributed by atoms with Gasteiger partial charge >= 0.3 is 0 Å². The number of ether oxygens (including phenoxy) is 1. The number of carbonyl (C=O) groups excluding carboxylic acids is 1. The fourth-order valence-electron chi connectivity index (χ4n) is 3.38. The van der Waals surface area contributed by atoms with Crippen LogP contribution in [0.3, 0.4) is 0 Å². The van der Waals surface area contributed by atoms with E-state index in [0.717, 1.165) is 27.9 Å². The Morgan fingerprint density at radius 3 is 2.83 bits per heavy atom. The Balaban J connectivity index is 1.47. The zero-order valence-electron chi connectivity index (χ0n) is 16.2. The Kier molecular flexibility index (Phi) is 5.69. The fraction of sp³-hybridized carbons (Fsp3) is 0.318. The van der Waals surface area contributed by atoms with Crippen LogP contribution < -0.4 is 5.32 Å². The molecule has 1 amide bonds. The second-order valence-corrected chi connectivity index (χ2v) is 7.25. The third kappa shape index (κ3) is 4.52. The van der Waals surface area contributed by atoms with Crippen molar-refractivity contribution in [2.24, 2.45) is 0 Å². The zero-order valence-corrected chi connectivity index (χ0v) is 16.2. The van der Waals surface area contributed by atoms with Crippen molar-refractivity contribution in [1.82, 2.24) is 15.3 Å². The Bertz CT molecular complexity index is 970. The second kappa shape index (κ2) is 8.55. The summed E-state index contributed by atoms with van der Waals surface area (Å²) in [6.07, 6.45) is 5.32. The fourth-order valence-corrected chi connectivity index (χ4v) is 3.38. The number of rotatable bonds is 5. The molecule has 1 aliphatic rings. The van der Waals surface area contributed by atoms with Crippen molar-refractivity contribution >= 4 is 5.91 Å². The van der Waals surface area contributed by atoms with Gasteiger partial charge in [-0.2, -0.15) is 0 Å². The van der Waals surface area contributed by atoms with Gasteiger partial charge in [-0.1, -0.05) is 24.3 Å². The number of oxazole rings is 1. The van der Waals surface area contributed by atoms with Crippen LogP contribution in [0.2, 0.25) is 0 Å². The minimum atomic E-state index is -0.694. The molecule has 1 saturated heterocycles. The molecule has 29 heavy (non-hydrogen) atoms. The Morgan fingerprint density at radius 2 is 2.10 bits per heavy atom. The lowest BCUT2D eigenvalue weighted by Gasteiger charge is -2.28. The highest BCUT2D eigenvalue weighted by Gasteiger charge is 2.26. The van der Waals surface area contributed by atoms with E-state index in [4.69, 9.17) is 9.15 Å². The number of hydrogen-bond acceptors (Lipinski definition) is 6. The largest absolute Gasteiger partial charge is 0.451 e. The molecule has 0 bridgehead atoms. The van der Waals surface area contributed by atoms with Gasteiger partial charge in [0.15, 0.2) is 6.39 Å². The topological polar surface area (TPSA) is 97.5 Å². The summed E-state index contributed by atoms with van der Waals surface area (Å²) in [7, 11) is 0. The van der Waals surface area contributed by atoms with Crippen LogP contribution in [0.5, 0.6) is 0 Å². The summed E-state index contributed by atoms with van der Waals surface area (Å²) in [5, 5.41) is 12.9. The minimum absolute atomic E-state index is 0.238. The number of benzene rings is 1. The number of nitrogens with one attached hydrogen (secondary N) is 1. The summed E-state index contributed by atoms with van der Waals surface area (Å²) < 4.78 is 10.2. The van der Waals surface area contributed by atoms with E-state index in [9.17, 15) is 9.90 Å². The van der Waals surface area contributed by atoms with Gasteiger partial charge in [-0.25, -0.2) is 4.98 Å². The van der Waals surface area contributed by atoms with Crippen molar-refractivity contribution < 1.29 is 19.1 Å². The summed E-state index contributed by atoms with van der Waals surface area (Å²) in [5.74, 6) is -0.279. The zero-order chi connectivity index (χ0) is 20.2. The van der Waals surface area contributed by atoms with Crippen LogP contribution in [0.4, 0.5) is 0 Å². The third-order valence-corrected chi connectivity index (χ3v) is 5.17. The highest BCUT2D eigenvalue weighted by molar-refractivity contribution is 5.92. The third-order valence-electron chi connectivity index (χ3n) is 5.17. The summed E-state index contributed by atoms with van der Waals surface area (Å²) >= 11 is 0. The first-order valence-corrected chi connectivity index (χ1v) is 9.60. The van der Waals surface area contributed by atoms with E-state index in [0.29, 0.717) is 25.1 Å². The van der Waals surface area contributed by atoms with E-state index in [1.165, 1.54) is 6.39 Å². The van der Waals surface area contributed by atoms with Crippen molar-refractivity contribution in [1.29, 1.82) is 0 Å². The van der Waals surface area contributed by atoms with Crippen LogP contribution in [0, 0.1) is 6.92 Å². The predicted molar refractivity (Wildman–Crippen MR) is 106 cm³/mol. The van der Waals surface area contributed by atoms with Gasteiger partial charge in [0.25, 0.3) is 5.91 Å². The van der Waals surface area contributed by atoms with Gasteiger partial charge < -0.3 is 19.6 Å². The van der Waals surface area contributed by atoms with Gasteiger partial charge in [0.1, 0.15) is 17.7 Å². The Labute approximate surface area is 168 Å². The number of pyridine rings is 1. The van der Waals surface area contributed by atoms with Crippen LogP contribution in [0.1, 0.15) is 33.6 Å². The molecule has 0 spiro atoms. The Morgan fingerprint density at radius 1 is 1.28 bits per heavy atom. The molecule has 4 rings (SSSR count). The van der Waals surface area contributed by atoms with Crippen molar-refractivity contribution in [3.8, 4) is 11.3 Å². The lowest BCUT2D eigenvalue weighted by atomic mass is 9.99. The van der Waals surface area contributed by atoms with Crippen LogP contribution in [-0.4, -0.2) is 46.3 Å². The summed E-state index contributed by atoms with van der Waals surface area (Å²) in [6, 6.07) is 9.60. The SMILES string of the molecule is Cc1cnc(C(=O)N[C@H]2CCOC[C@@H]2O)cc1Cc1ccc(-c2cocn2)cc1. The van der Waals surface area contributed by atoms with Crippen LogP contribution in [0.25, 0.3) is 11.3 Å². The van der Waals surface area contributed by atoms with E-state index in [1.807, 2.05) is 37.3 Å². The molecule has 7 heteroatoms. The van der Waals surface area contributed by atoms with Crippen molar-refractivity contribution in [2.45, 2.75) is 31.9 Å². The number of aromatic nitrogens is 2. The summed E-state index contributed by atoms with van der Waals surface area (Å²) in [5.41, 5.74) is 5.32. The molecule has 7 nitrogen and oxygen atoms in total. The molecule has 1 aliphatic heterocycles. The lowest BCUT2D eigenvalue weighted by Crippen LogP contribution is -2.48. The van der Waals surface area contributed by atoms with E-state index in [1.54, 1.807) is 12.5 Å². The quantitative estimate of drug-likeness (QED) is 0.691. The van der Waals surface area contributed by atoms with Crippen molar-refractivity contribution in [3.63, 3.8) is 0 Å². The molecular formula is C22H23N3O4. The normalized spacial score (nSPS) is 19.1. The molecule has 0 aliphatic carbocycles. The predicted octanol–water partition coefficient (Wildman–Crippen LogP) is 2.52. The number of nitrogens with zero attached hydrogens (tertiary/aromatic N) is 2. The molecule has 1 aromatic carbocycles. The average Bonchev–Trinajstić information content (AvgIpc) is 3.27. The molecule has 0 saturated carbocycles. The maximum Gasteiger partial charge on any atom is 0.270 e. The van der Waals surface area contributed by atoms with E-state index in [2.05, 4.69) is 15.3 Å². The van der Waals surface area contributed by atoms with Crippen LogP contribution in [-0.2, 0) is 11.2 Å². The van der Waals surface area contributed by atoms with Crippen molar-refractivity contribution in [2.75, 3.05) is 13.2 Å². The first kappa shape index (κ1) is 19.3.